The Morgan fingerprint density at radius 3 is 2.32 bits per heavy atom. The van der Waals surface area contributed by atoms with E-state index in [0.717, 1.165) is 11.1 Å². The normalized spacial score (nSPS) is 11.0. The van der Waals surface area contributed by atoms with Crippen LogP contribution < -0.4 is 9.64 Å². The Morgan fingerprint density at radius 2 is 1.68 bits per heavy atom. The van der Waals surface area contributed by atoms with Gasteiger partial charge in [-0.2, -0.15) is 0 Å². The number of aryl methyl sites for hydroxylation is 1. The van der Waals surface area contributed by atoms with Crippen molar-refractivity contribution in [2.75, 3.05) is 11.9 Å². The predicted octanol–water partition coefficient (Wildman–Crippen LogP) is 7.63. The second-order valence-electron chi connectivity index (χ2n) is 9.11. The highest BCUT2D eigenvalue weighted by molar-refractivity contribution is 6.39. The molecule has 0 fully saturated rings. The number of carboxylic acids is 1. The second-order valence-corrected chi connectivity index (χ2v) is 9.93. The molecule has 0 spiro atoms. The number of aromatic nitrogens is 1. The van der Waals surface area contributed by atoms with E-state index >= 15 is 0 Å². The van der Waals surface area contributed by atoms with E-state index in [0.29, 0.717) is 38.5 Å². The Kier molecular flexibility index (Phi) is 8.09. The van der Waals surface area contributed by atoms with E-state index in [1.165, 1.54) is 17.0 Å². The van der Waals surface area contributed by atoms with Gasteiger partial charge in [0.15, 0.2) is 0 Å². The van der Waals surface area contributed by atoms with Crippen molar-refractivity contribution in [3.63, 3.8) is 0 Å². The van der Waals surface area contributed by atoms with Gasteiger partial charge in [-0.25, -0.2) is 4.79 Å². The van der Waals surface area contributed by atoms with Crippen LogP contribution in [0.3, 0.4) is 0 Å². The molecular weight excluding hydrogens is 527 g/mol. The molecule has 0 radical (unpaired) electrons. The molecule has 1 heterocycles. The van der Waals surface area contributed by atoms with Crippen LogP contribution in [0.1, 0.15) is 57.4 Å². The van der Waals surface area contributed by atoms with E-state index in [1.54, 1.807) is 49.5 Å². The lowest BCUT2D eigenvalue weighted by atomic mass is 10.0. The zero-order chi connectivity index (χ0) is 27.6. The maximum Gasteiger partial charge on any atom is 0.335 e. The zero-order valence-electron chi connectivity index (χ0n) is 21.3. The largest absolute Gasteiger partial charge is 0.489 e. The standard InChI is InChI=1S/C29H26Cl2N2O5/c1-16(2)27-21(26(32-38-27)25-22(30)9-6-10-23(25)31)15-37-20-11-12-24(17(3)13-20)33(4)28(34)18-7-5-8-19(14-18)29(35)36/h5-14,16H,15H2,1-4H3,(H,35,36). The molecular formula is C29H26Cl2N2O5. The molecule has 3 aromatic carbocycles. The van der Waals surface area contributed by atoms with Crippen molar-refractivity contribution in [2.24, 2.45) is 0 Å². The fraction of sp³-hybridized carbons (Fsp3) is 0.207. The van der Waals surface area contributed by atoms with E-state index in [1.807, 2.05) is 26.8 Å². The summed E-state index contributed by atoms with van der Waals surface area (Å²) in [5, 5.41) is 14.4. The number of carbonyl (C=O) groups is 2. The molecule has 4 aromatic rings. The first-order valence-electron chi connectivity index (χ1n) is 11.9. The fourth-order valence-corrected chi connectivity index (χ4v) is 4.75. The molecule has 1 amide bonds. The van der Waals surface area contributed by atoms with Crippen molar-refractivity contribution >= 4 is 40.8 Å². The fourth-order valence-electron chi connectivity index (χ4n) is 4.17. The van der Waals surface area contributed by atoms with Crippen LogP contribution >= 0.6 is 23.2 Å². The average Bonchev–Trinajstić information content (AvgIpc) is 3.30. The summed E-state index contributed by atoms with van der Waals surface area (Å²) in [6.07, 6.45) is 0. The number of ether oxygens (including phenoxy) is 1. The van der Waals surface area contributed by atoms with E-state index in [9.17, 15) is 14.7 Å². The second kappa shape index (κ2) is 11.3. The van der Waals surface area contributed by atoms with Gasteiger partial charge in [-0.05, 0) is 61.0 Å². The number of carbonyl (C=O) groups excluding carboxylic acids is 1. The van der Waals surface area contributed by atoms with Gasteiger partial charge < -0.3 is 19.3 Å². The van der Waals surface area contributed by atoms with Crippen molar-refractivity contribution in [3.05, 3.63) is 98.7 Å². The van der Waals surface area contributed by atoms with Gasteiger partial charge >= 0.3 is 5.97 Å². The van der Waals surface area contributed by atoms with E-state index in [-0.39, 0.29) is 29.6 Å². The molecule has 7 nitrogen and oxygen atoms in total. The number of carboxylic acid groups (broad SMARTS) is 1. The summed E-state index contributed by atoms with van der Waals surface area (Å²) in [6.45, 7) is 6.04. The Labute approximate surface area is 230 Å². The molecule has 0 aliphatic carbocycles. The topological polar surface area (TPSA) is 92.9 Å². The maximum absolute atomic E-state index is 13.0. The molecule has 4 rings (SSSR count). The molecule has 0 atom stereocenters. The number of amides is 1. The summed E-state index contributed by atoms with van der Waals surface area (Å²) in [5.41, 5.74) is 3.68. The highest BCUT2D eigenvalue weighted by atomic mass is 35.5. The molecule has 0 unspecified atom stereocenters. The molecule has 1 N–H and O–H groups in total. The molecule has 196 valence electrons. The summed E-state index contributed by atoms with van der Waals surface area (Å²) in [7, 11) is 1.64. The summed E-state index contributed by atoms with van der Waals surface area (Å²) < 4.78 is 11.8. The Bertz CT molecular complexity index is 1490. The number of anilines is 1. The van der Waals surface area contributed by atoms with Crippen molar-refractivity contribution in [1.82, 2.24) is 5.16 Å². The maximum atomic E-state index is 13.0. The Hall–Kier alpha value is -3.81. The first kappa shape index (κ1) is 27.2. The van der Waals surface area contributed by atoms with Gasteiger partial charge in [-0.15, -0.1) is 0 Å². The van der Waals surface area contributed by atoms with Crippen LogP contribution in [0, 0.1) is 6.92 Å². The molecule has 0 bridgehead atoms. The van der Waals surface area contributed by atoms with Crippen LogP contribution in [0.4, 0.5) is 5.69 Å². The number of nitrogens with zero attached hydrogens (tertiary/aromatic N) is 2. The third-order valence-electron chi connectivity index (χ3n) is 6.12. The third-order valence-corrected chi connectivity index (χ3v) is 6.75. The Morgan fingerprint density at radius 1 is 1.03 bits per heavy atom. The predicted molar refractivity (Wildman–Crippen MR) is 148 cm³/mol. The summed E-state index contributed by atoms with van der Waals surface area (Å²) in [6, 6.07) is 16.6. The summed E-state index contributed by atoms with van der Waals surface area (Å²) in [5.74, 6) is -0.0876. The summed E-state index contributed by atoms with van der Waals surface area (Å²) >= 11 is 12.9. The number of halogens is 2. The minimum atomic E-state index is -1.09. The number of hydrogen-bond acceptors (Lipinski definition) is 5. The number of rotatable bonds is 8. The average molecular weight is 553 g/mol. The third kappa shape index (κ3) is 5.54. The van der Waals surface area contributed by atoms with Gasteiger partial charge in [-0.1, -0.05) is 54.3 Å². The number of hydrogen-bond donors (Lipinski definition) is 1. The first-order valence-corrected chi connectivity index (χ1v) is 12.6. The molecule has 1 aromatic heterocycles. The number of benzene rings is 3. The highest BCUT2D eigenvalue weighted by Crippen LogP contribution is 2.39. The lowest BCUT2D eigenvalue weighted by molar-refractivity contribution is 0.0697. The van der Waals surface area contributed by atoms with Crippen LogP contribution in [-0.4, -0.2) is 29.2 Å². The van der Waals surface area contributed by atoms with E-state index < -0.39 is 5.97 Å². The number of aromatic carboxylic acids is 1. The van der Waals surface area contributed by atoms with Gasteiger partial charge in [0.05, 0.1) is 21.2 Å². The van der Waals surface area contributed by atoms with Crippen molar-refractivity contribution in [1.29, 1.82) is 0 Å². The monoisotopic (exact) mass is 552 g/mol. The van der Waals surface area contributed by atoms with Crippen LogP contribution in [-0.2, 0) is 6.61 Å². The van der Waals surface area contributed by atoms with Gasteiger partial charge in [0.25, 0.3) is 5.91 Å². The van der Waals surface area contributed by atoms with Gasteiger partial charge in [0.1, 0.15) is 23.8 Å². The van der Waals surface area contributed by atoms with Crippen LogP contribution in [0.5, 0.6) is 5.75 Å². The highest BCUT2D eigenvalue weighted by Gasteiger charge is 2.24. The van der Waals surface area contributed by atoms with Crippen molar-refractivity contribution < 1.29 is 24.0 Å². The van der Waals surface area contributed by atoms with Gasteiger partial charge in [-0.3, -0.25) is 4.79 Å². The van der Waals surface area contributed by atoms with Gasteiger partial charge in [0, 0.05) is 29.8 Å². The molecule has 0 saturated carbocycles. The lowest BCUT2D eigenvalue weighted by Crippen LogP contribution is -2.27. The molecule has 0 aliphatic heterocycles. The molecule has 9 heteroatoms. The van der Waals surface area contributed by atoms with Crippen LogP contribution in [0.2, 0.25) is 10.0 Å². The molecule has 38 heavy (non-hydrogen) atoms. The smallest absolute Gasteiger partial charge is 0.335 e. The zero-order valence-corrected chi connectivity index (χ0v) is 22.8. The quantitative estimate of drug-likeness (QED) is 0.241. The SMILES string of the molecule is Cc1cc(OCc2c(-c3c(Cl)cccc3Cl)noc2C(C)C)ccc1N(C)C(=O)c1cccc(C(=O)O)c1. The minimum absolute atomic E-state index is 0.0525. The first-order chi connectivity index (χ1) is 18.1. The molecule has 0 saturated heterocycles. The minimum Gasteiger partial charge on any atom is -0.489 e. The van der Waals surface area contributed by atoms with Crippen LogP contribution in [0.25, 0.3) is 11.3 Å². The molecule has 0 aliphatic rings. The van der Waals surface area contributed by atoms with E-state index in [4.69, 9.17) is 32.5 Å². The van der Waals surface area contributed by atoms with Gasteiger partial charge in [0.2, 0.25) is 0 Å². The van der Waals surface area contributed by atoms with Crippen molar-refractivity contribution in [3.8, 4) is 17.0 Å². The van der Waals surface area contributed by atoms with Crippen LogP contribution in [0.15, 0.2) is 65.2 Å². The lowest BCUT2D eigenvalue weighted by Gasteiger charge is -2.20. The Balaban J connectivity index is 1.57. The van der Waals surface area contributed by atoms with E-state index in [2.05, 4.69) is 5.16 Å². The van der Waals surface area contributed by atoms with Crippen molar-refractivity contribution in [2.45, 2.75) is 33.3 Å². The summed E-state index contributed by atoms with van der Waals surface area (Å²) in [4.78, 5) is 25.8.